The van der Waals surface area contributed by atoms with Gasteiger partial charge in [-0.2, -0.15) is 5.10 Å². The second-order valence-corrected chi connectivity index (χ2v) is 5.61. The van der Waals surface area contributed by atoms with Gasteiger partial charge in [-0.3, -0.25) is 4.68 Å². The molecule has 18 heavy (non-hydrogen) atoms. The van der Waals surface area contributed by atoms with E-state index in [1.54, 1.807) is 0 Å². The molecule has 2 heterocycles. The lowest BCUT2D eigenvalue weighted by Crippen LogP contribution is -2.23. The molecule has 2 aromatic rings. The maximum absolute atomic E-state index is 4.37. The molecule has 2 aromatic heterocycles. The van der Waals surface area contributed by atoms with Crippen LogP contribution in [0.1, 0.15) is 41.1 Å². The van der Waals surface area contributed by atoms with Crippen LogP contribution in [0.2, 0.25) is 0 Å². The molecule has 98 valence electrons. The number of rotatable bonds is 5. The molecule has 0 fully saturated rings. The van der Waals surface area contributed by atoms with Crippen molar-refractivity contribution in [2.24, 2.45) is 7.05 Å². The Morgan fingerprint density at radius 2 is 2.22 bits per heavy atom. The van der Waals surface area contributed by atoms with Crippen LogP contribution in [0, 0.1) is 13.8 Å². The topological polar surface area (TPSA) is 29.9 Å². The first-order valence-electron chi connectivity index (χ1n) is 6.41. The summed E-state index contributed by atoms with van der Waals surface area (Å²) in [6, 6.07) is 2.46. The average Bonchev–Trinajstić information content (AvgIpc) is 2.91. The summed E-state index contributed by atoms with van der Waals surface area (Å²) in [5, 5.41) is 10.2. The SMILES string of the molecule is CCCNC(c1cnn(C)c1C)c1sccc1C. The lowest BCUT2D eigenvalue weighted by molar-refractivity contribution is 0.600. The van der Waals surface area contributed by atoms with E-state index in [-0.39, 0.29) is 6.04 Å². The molecule has 0 aliphatic carbocycles. The molecule has 0 saturated carbocycles. The van der Waals surface area contributed by atoms with E-state index in [9.17, 15) is 0 Å². The first kappa shape index (κ1) is 13.3. The van der Waals surface area contributed by atoms with Gasteiger partial charge >= 0.3 is 0 Å². The Labute approximate surface area is 113 Å². The van der Waals surface area contributed by atoms with Crippen molar-refractivity contribution < 1.29 is 0 Å². The van der Waals surface area contributed by atoms with Gasteiger partial charge in [-0.25, -0.2) is 0 Å². The van der Waals surface area contributed by atoms with E-state index in [1.807, 2.05) is 29.3 Å². The molecule has 0 saturated heterocycles. The molecule has 0 spiro atoms. The number of nitrogens with zero attached hydrogens (tertiary/aromatic N) is 2. The second kappa shape index (κ2) is 5.67. The average molecular weight is 263 g/mol. The third-order valence-corrected chi connectivity index (χ3v) is 4.43. The Bertz CT molecular complexity index is 513. The minimum atomic E-state index is 0.277. The first-order chi connectivity index (χ1) is 8.65. The minimum Gasteiger partial charge on any atom is -0.305 e. The fourth-order valence-corrected chi connectivity index (χ4v) is 3.13. The van der Waals surface area contributed by atoms with Gasteiger partial charge in [-0.1, -0.05) is 6.92 Å². The molecule has 0 radical (unpaired) electrons. The predicted molar refractivity (Wildman–Crippen MR) is 77.1 cm³/mol. The summed E-state index contributed by atoms with van der Waals surface area (Å²) in [7, 11) is 2.00. The summed E-state index contributed by atoms with van der Waals surface area (Å²) in [4.78, 5) is 1.40. The van der Waals surface area contributed by atoms with Crippen LogP contribution in [0.25, 0.3) is 0 Å². The van der Waals surface area contributed by atoms with Crippen molar-refractivity contribution in [3.63, 3.8) is 0 Å². The van der Waals surface area contributed by atoms with Gasteiger partial charge in [-0.05, 0) is 43.8 Å². The molecule has 3 nitrogen and oxygen atoms in total. The van der Waals surface area contributed by atoms with Crippen molar-refractivity contribution in [3.8, 4) is 0 Å². The number of hydrogen-bond acceptors (Lipinski definition) is 3. The highest BCUT2D eigenvalue weighted by molar-refractivity contribution is 7.10. The highest BCUT2D eigenvalue weighted by atomic mass is 32.1. The van der Waals surface area contributed by atoms with Crippen molar-refractivity contribution in [3.05, 3.63) is 39.3 Å². The summed E-state index contributed by atoms with van der Waals surface area (Å²) in [5.41, 5.74) is 3.88. The third-order valence-electron chi connectivity index (χ3n) is 3.35. The molecule has 1 atom stereocenters. The summed E-state index contributed by atoms with van der Waals surface area (Å²) in [6.07, 6.45) is 3.13. The molecular weight excluding hydrogens is 242 g/mol. The summed E-state index contributed by atoms with van der Waals surface area (Å²) in [6.45, 7) is 7.53. The standard InChI is InChI=1S/C14H21N3S/c1-5-7-15-13(14-10(2)6-8-18-14)12-9-16-17(4)11(12)3/h6,8-9,13,15H,5,7H2,1-4H3. The monoisotopic (exact) mass is 263 g/mol. The summed E-state index contributed by atoms with van der Waals surface area (Å²) in [5.74, 6) is 0. The van der Waals surface area contributed by atoms with Crippen molar-refractivity contribution in [1.82, 2.24) is 15.1 Å². The summed E-state index contributed by atoms with van der Waals surface area (Å²) < 4.78 is 1.94. The van der Waals surface area contributed by atoms with Gasteiger partial charge in [0.2, 0.25) is 0 Å². The van der Waals surface area contributed by atoms with Crippen LogP contribution >= 0.6 is 11.3 Å². The molecule has 2 rings (SSSR count). The van der Waals surface area contributed by atoms with Crippen LogP contribution in [0.15, 0.2) is 17.6 Å². The summed E-state index contributed by atoms with van der Waals surface area (Å²) >= 11 is 1.82. The van der Waals surface area contributed by atoms with E-state index >= 15 is 0 Å². The maximum Gasteiger partial charge on any atom is 0.0707 e. The zero-order chi connectivity index (χ0) is 13.1. The number of aromatic nitrogens is 2. The molecule has 1 unspecified atom stereocenters. The van der Waals surface area contributed by atoms with Crippen molar-refractivity contribution in [1.29, 1.82) is 0 Å². The Morgan fingerprint density at radius 1 is 1.44 bits per heavy atom. The number of hydrogen-bond donors (Lipinski definition) is 1. The van der Waals surface area contributed by atoms with Crippen LogP contribution in [0.3, 0.4) is 0 Å². The first-order valence-corrected chi connectivity index (χ1v) is 7.29. The van der Waals surface area contributed by atoms with E-state index in [1.165, 1.54) is 21.7 Å². The third kappa shape index (κ3) is 2.49. The molecule has 0 aliphatic heterocycles. The molecular formula is C14H21N3S. The van der Waals surface area contributed by atoms with Gasteiger partial charge in [0.25, 0.3) is 0 Å². The van der Waals surface area contributed by atoms with Crippen LogP contribution < -0.4 is 5.32 Å². The quantitative estimate of drug-likeness (QED) is 0.898. The Kier molecular flexibility index (Phi) is 4.19. The largest absolute Gasteiger partial charge is 0.305 e. The van der Waals surface area contributed by atoms with E-state index in [2.05, 4.69) is 42.6 Å². The van der Waals surface area contributed by atoms with Crippen LogP contribution in [-0.2, 0) is 7.05 Å². The predicted octanol–water partition coefficient (Wildman–Crippen LogP) is 3.19. The van der Waals surface area contributed by atoms with E-state index in [0.29, 0.717) is 0 Å². The fourth-order valence-electron chi connectivity index (χ4n) is 2.11. The molecule has 0 amide bonds. The Hall–Kier alpha value is -1.13. The van der Waals surface area contributed by atoms with E-state index < -0.39 is 0 Å². The van der Waals surface area contributed by atoms with Gasteiger partial charge in [0.15, 0.2) is 0 Å². The van der Waals surface area contributed by atoms with Gasteiger partial charge in [0.1, 0.15) is 0 Å². The lowest BCUT2D eigenvalue weighted by Gasteiger charge is -2.18. The second-order valence-electron chi connectivity index (χ2n) is 4.66. The number of nitrogens with one attached hydrogen (secondary N) is 1. The van der Waals surface area contributed by atoms with E-state index in [0.717, 1.165) is 13.0 Å². The molecule has 0 aliphatic rings. The fraction of sp³-hybridized carbons (Fsp3) is 0.500. The van der Waals surface area contributed by atoms with Crippen molar-refractivity contribution in [2.45, 2.75) is 33.2 Å². The van der Waals surface area contributed by atoms with Gasteiger partial charge < -0.3 is 5.32 Å². The lowest BCUT2D eigenvalue weighted by atomic mass is 10.0. The molecule has 1 N–H and O–H groups in total. The Balaban J connectivity index is 2.37. The minimum absolute atomic E-state index is 0.277. The van der Waals surface area contributed by atoms with Crippen molar-refractivity contribution >= 4 is 11.3 Å². The normalized spacial score (nSPS) is 12.9. The van der Waals surface area contributed by atoms with Gasteiger partial charge in [0, 0.05) is 23.2 Å². The van der Waals surface area contributed by atoms with E-state index in [4.69, 9.17) is 0 Å². The smallest absolute Gasteiger partial charge is 0.0707 e. The maximum atomic E-state index is 4.37. The highest BCUT2D eigenvalue weighted by Crippen LogP contribution is 2.30. The van der Waals surface area contributed by atoms with Gasteiger partial charge in [0.05, 0.1) is 12.2 Å². The molecule has 0 bridgehead atoms. The molecule has 4 heteroatoms. The number of thiophene rings is 1. The Morgan fingerprint density at radius 3 is 2.72 bits per heavy atom. The van der Waals surface area contributed by atoms with Crippen molar-refractivity contribution in [2.75, 3.05) is 6.54 Å². The van der Waals surface area contributed by atoms with Crippen LogP contribution in [-0.4, -0.2) is 16.3 Å². The zero-order valence-electron chi connectivity index (χ0n) is 11.5. The number of aryl methyl sites for hydroxylation is 2. The zero-order valence-corrected chi connectivity index (χ0v) is 12.3. The molecule has 0 aromatic carbocycles. The van der Waals surface area contributed by atoms with Crippen LogP contribution in [0.4, 0.5) is 0 Å². The highest BCUT2D eigenvalue weighted by Gasteiger charge is 2.20. The van der Waals surface area contributed by atoms with Gasteiger partial charge in [-0.15, -0.1) is 11.3 Å². The van der Waals surface area contributed by atoms with Crippen LogP contribution in [0.5, 0.6) is 0 Å².